The van der Waals surface area contributed by atoms with E-state index in [4.69, 9.17) is 23.1 Å². The Kier molecular flexibility index (Phi) is 8.21. The Balaban J connectivity index is 1.53. The first-order valence-corrected chi connectivity index (χ1v) is 12.4. The Morgan fingerprint density at radius 2 is 1.95 bits per heavy atom. The van der Waals surface area contributed by atoms with Crippen LogP contribution in [0, 0.1) is 18.8 Å². The van der Waals surface area contributed by atoms with Gasteiger partial charge in [0.25, 0.3) is 5.91 Å². The summed E-state index contributed by atoms with van der Waals surface area (Å²) in [4.78, 5) is 17.0. The van der Waals surface area contributed by atoms with E-state index in [1.807, 2.05) is 0 Å². The number of aryl methyl sites for hydroxylation is 1. The van der Waals surface area contributed by atoms with E-state index in [-0.39, 0.29) is 27.7 Å². The van der Waals surface area contributed by atoms with Crippen LogP contribution in [0.2, 0.25) is 5.02 Å². The second-order valence-electron chi connectivity index (χ2n) is 9.10. The van der Waals surface area contributed by atoms with Gasteiger partial charge in [0.1, 0.15) is 0 Å². The molecule has 0 radical (unpaired) electrons. The summed E-state index contributed by atoms with van der Waals surface area (Å²) in [5.74, 6) is 5.42. The Bertz CT molecular complexity index is 1510. The van der Waals surface area contributed by atoms with Crippen molar-refractivity contribution in [3.8, 4) is 17.5 Å². The number of benzene rings is 2. The molecule has 39 heavy (non-hydrogen) atoms. The maximum Gasteiger partial charge on any atom is 0.416 e. The lowest BCUT2D eigenvalue weighted by atomic mass is 9.93. The Morgan fingerprint density at radius 1 is 1.18 bits per heavy atom. The molecule has 0 atom stereocenters. The van der Waals surface area contributed by atoms with E-state index in [0.717, 1.165) is 25.0 Å². The molecule has 0 aliphatic heterocycles. The number of amides is 1. The first-order valence-electron chi connectivity index (χ1n) is 12.0. The summed E-state index contributed by atoms with van der Waals surface area (Å²) in [5, 5.41) is 5.99. The zero-order valence-corrected chi connectivity index (χ0v) is 21.7. The highest BCUT2D eigenvalue weighted by molar-refractivity contribution is 6.32. The number of nitrogens with two attached hydrogens (primary N) is 2. The molecule has 0 bridgehead atoms. The molecular formula is C28H26ClF3N6O. The van der Waals surface area contributed by atoms with Crippen molar-refractivity contribution in [3.05, 3.63) is 100.0 Å². The molecule has 1 aliphatic carbocycles. The van der Waals surface area contributed by atoms with Crippen LogP contribution in [0.4, 0.5) is 18.9 Å². The van der Waals surface area contributed by atoms with Crippen LogP contribution in [-0.2, 0) is 6.18 Å². The number of allylic oxidation sites excluding steroid dienone is 3. The summed E-state index contributed by atoms with van der Waals surface area (Å²) >= 11 is 6.24. The first-order chi connectivity index (χ1) is 18.5. The van der Waals surface area contributed by atoms with Crippen LogP contribution < -0.4 is 22.1 Å². The Labute approximate surface area is 228 Å². The summed E-state index contributed by atoms with van der Waals surface area (Å²) in [6, 6.07) is 8.03. The molecule has 1 amide bonds. The molecule has 0 unspecified atom stereocenters. The quantitative estimate of drug-likeness (QED) is 0.246. The van der Waals surface area contributed by atoms with Crippen LogP contribution in [0.3, 0.4) is 0 Å². The van der Waals surface area contributed by atoms with Crippen molar-refractivity contribution in [2.75, 3.05) is 5.32 Å². The first kappa shape index (κ1) is 27.7. The number of nitrogens with one attached hydrogen (secondary N) is 2. The average molecular weight is 555 g/mol. The molecule has 3 aromatic rings. The van der Waals surface area contributed by atoms with Crippen molar-refractivity contribution in [1.82, 2.24) is 14.9 Å². The minimum atomic E-state index is -4.62. The standard InChI is InChI=1S/C28H26ClF3N6O/c1-17-15-38(16-35-17)24-13-20(28(30,31)32)12-23(14-24)37-27(39)19-6-9-25(29)18(11-19)5-7-21(33)8-10-26(34)36-22-3-2-4-22/h6,8-16,22,36H,2-4,33-34H2,1H3,(H,37,39)/b21-8-,26-10+. The van der Waals surface area contributed by atoms with Crippen molar-refractivity contribution in [1.29, 1.82) is 0 Å². The van der Waals surface area contributed by atoms with Gasteiger partial charge in [-0.15, -0.1) is 0 Å². The van der Waals surface area contributed by atoms with E-state index in [0.29, 0.717) is 23.1 Å². The largest absolute Gasteiger partial charge is 0.416 e. The van der Waals surface area contributed by atoms with Gasteiger partial charge < -0.3 is 26.7 Å². The summed E-state index contributed by atoms with van der Waals surface area (Å²) in [7, 11) is 0. The third-order valence-corrected chi connectivity index (χ3v) is 6.33. The minimum Gasteiger partial charge on any atom is -0.392 e. The van der Waals surface area contributed by atoms with Gasteiger partial charge >= 0.3 is 6.18 Å². The zero-order valence-electron chi connectivity index (χ0n) is 20.9. The van der Waals surface area contributed by atoms with Gasteiger partial charge in [-0.3, -0.25) is 4.79 Å². The monoisotopic (exact) mass is 554 g/mol. The van der Waals surface area contributed by atoms with Crippen LogP contribution in [0.1, 0.15) is 46.4 Å². The molecule has 1 aromatic heterocycles. The summed E-state index contributed by atoms with van der Waals surface area (Å²) in [6.07, 6.45) is 4.89. The number of hydrogen-bond acceptors (Lipinski definition) is 5. The number of hydrogen-bond donors (Lipinski definition) is 4. The summed E-state index contributed by atoms with van der Waals surface area (Å²) in [6.45, 7) is 1.72. The molecule has 1 heterocycles. The Hall–Kier alpha value is -4.36. The third kappa shape index (κ3) is 7.36. The number of carbonyl (C=O) groups excluding carboxylic acids is 1. The molecule has 0 spiro atoms. The van der Waals surface area contributed by atoms with Gasteiger partial charge in [0.15, 0.2) is 0 Å². The molecule has 7 nitrogen and oxygen atoms in total. The van der Waals surface area contributed by atoms with E-state index >= 15 is 0 Å². The number of carbonyl (C=O) groups is 1. The predicted octanol–water partition coefficient (Wildman–Crippen LogP) is 5.24. The maximum atomic E-state index is 13.6. The highest BCUT2D eigenvalue weighted by Gasteiger charge is 2.31. The number of anilines is 1. The van der Waals surface area contributed by atoms with Gasteiger partial charge in [-0.05, 0) is 80.7 Å². The molecule has 1 saturated carbocycles. The van der Waals surface area contributed by atoms with Crippen LogP contribution in [0.15, 0.2) is 72.6 Å². The number of imidazole rings is 1. The van der Waals surface area contributed by atoms with Gasteiger partial charge in [0, 0.05) is 34.7 Å². The lowest BCUT2D eigenvalue weighted by molar-refractivity contribution is -0.137. The van der Waals surface area contributed by atoms with E-state index in [1.54, 1.807) is 25.3 Å². The zero-order chi connectivity index (χ0) is 28.2. The van der Waals surface area contributed by atoms with Crippen LogP contribution >= 0.6 is 11.6 Å². The second-order valence-corrected chi connectivity index (χ2v) is 9.51. The van der Waals surface area contributed by atoms with Gasteiger partial charge in [-0.1, -0.05) is 17.5 Å². The molecular weight excluding hydrogens is 529 g/mol. The second kappa shape index (κ2) is 11.6. The van der Waals surface area contributed by atoms with Crippen LogP contribution in [0.5, 0.6) is 0 Å². The molecule has 6 N–H and O–H groups in total. The van der Waals surface area contributed by atoms with E-state index < -0.39 is 17.6 Å². The predicted molar refractivity (Wildman–Crippen MR) is 145 cm³/mol. The van der Waals surface area contributed by atoms with Crippen molar-refractivity contribution in [2.45, 2.75) is 38.4 Å². The molecule has 2 aromatic carbocycles. The minimum absolute atomic E-state index is 0.0363. The van der Waals surface area contributed by atoms with E-state index in [9.17, 15) is 18.0 Å². The number of aromatic nitrogens is 2. The van der Waals surface area contributed by atoms with Gasteiger partial charge in [-0.2, -0.15) is 13.2 Å². The molecule has 4 rings (SSSR count). The molecule has 202 valence electrons. The third-order valence-electron chi connectivity index (χ3n) is 6.00. The van der Waals surface area contributed by atoms with Crippen molar-refractivity contribution < 1.29 is 18.0 Å². The van der Waals surface area contributed by atoms with Gasteiger partial charge in [0.2, 0.25) is 0 Å². The Morgan fingerprint density at radius 3 is 2.59 bits per heavy atom. The normalized spacial score (nSPS) is 14.3. The number of rotatable bonds is 6. The highest BCUT2D eigenvalue weighted by atomic mass is 35.5. The van der Waals surface area contributed by atoms with Crippen molar-refractivity contribution in [3.63, 3.8) is 0 Å². The van der Waals surface area contributed by atoms with E-state index in [2.05, 4.69) is 27.5 Å². The van der Waals surface area contributed by atoms with Crippen LogP contribution in [-0.4, -0.2) is 21.5 Å². The number of halogens is 4. The number of nitrogens with zero attached hydrogens (tertiary/aromatic N) is 2. The lowest BCUT2D eigenvalue weighted by Gasteiger charge is -2.27. The van der Waals surface area contributed by atoms with Gasteiger partial charge in [-0.25, -0.2) is 4.98 Å². The number of alkyl halides is 3. The summed E-state index contributed by atoms with van der Waals surface area (Å²) < 4.78 is 42.1. The molecule has 1 aliphatic rings. The fourth-order valence-corrected chi connectivity index (χ4v) is 3.89. The lowest BCUT2D eigenvalue weighted by Crippen LogP contribution is -2.37. The van der Waals surface area contributed by atoms with Crippen molar-refractivity contribution in [2.24, 2.45) is 11.5 Å². The van der Waals surface area contributed by atoms with Gasteiger partial charge in [0.05, 0.1) is 34.1 Å². The fraction of sp³-hybridized carbons (Fsp3) is 0.214. The average Bonchev–Trinajstić information content (AvgIpc) is 3.30. The molecule has 1 fully saturated rings. The fourth-order valence-electron chi connectivity index (χ4n) is 3.72. The SMILES string of the molecule is Cc1cn(-c2cc(NC(=O)c3ccc(Cl)c(C#C/C(N)=C/C=C(\N)NC4CCC4)c3)cc(C(F)(F)F)c2)cn1. The van der Waals surface area contributed by atoms with Crippen LogP contribution in [0.25, 0.3) is 5.69 Å². The maximum absolute atomic E-state index is 13.6. The highest BCUT2D eigenvalue weighted by Crippen LogP contribution is 2.33. The smallest absolute Gasteiger partial charge is 0.392 e. The molecule has 0 saturated heterocycles. The topological polar surface area (TPSA) is 111 Å². The van der Waals surface area contributed by atoms with Crippen molar-refractivity contribution >= 4 is 23.2 Å². The molecule has 11 heteroatoms. The summed E-state index contributed by atoms with van der Waals surface area (Å²) in [5.41, 5.74) is 12.5. The van der Waals surface area contributed by atoms with E-state index in [1.165, 1.54) is 41.6 Å².